The van der Waals surface area contributed by atoms with Crippen molar-refractivity contribution in [1.29, 1.82) is 0 Å². The molecule has 2 amide bonds. The number of amides is 2. The number of hydrogen-bond donors (Lipinski definition) is 3. The molecule has 5 nitrogen and oxygen atoms in total. The van der Waals surface area contributed by atoms with E-state index in [1.807, 2.05) is 0 Å². The summed E-state index contributed by atoms with van der Waals surface area (Å²) in [7, 11) is 0. The minimum atomic E-state index is -1.06. The number of carboxylic acids is 1. The maximum absolute atomic E-state index is 11.9. The van der Waals surface area contributed by atoms with Crippen LogP contribution < -0.4 is 10.6 Å². The lowest BCUT2D eigenvalue weighted by atomic mass is 9.75. The van der Waals surface area contributed by atoms with Crippen LogP contribution in [-0.2, 0) is 4.79 Å². The van der Waals surface area contributed by atoms with E-state index in [0.717, 1.165) is 31.6 Å². The smallest absolute Gasteiger partial charge is 0.329 e. The van der Waals surface area contributed by atoms with Crippen molar-refractivity contribution in [2.45, 2.75) is 70.3 Å². The normalized spacial score (nSPS) is 28.9. The Balaban J connectivity index is 1.75. The molecule has 0 heterocycles. The average Bonchev–Trinajstić information content (AvgIpc) is 3.28. The number of carboxylic acid groups (broad SMARTS) is 1. The summed E-state index contributed by atoms with van der Waals surface area (Å²) in [6, 6.07) is -0.330. The first-order chi connectivity index (χ1) is 10.1. The van der Waals surface area contributed by atoms with Crippen molar-refractivity contribution < 1.29 is 14.7 Å². The lowest BCUT2D eigenvalue weighted by molar-refractivity contribution is -0.146. The molecule has 2 saturated carbocycles. The van der Waals surface area contributed by atoms with Crippen LogP contribution in [0.15, 0.2) is 0 Å². The maximum atomic E-state index is 11.9. The highest BCUT2D eigenvalue weighted by molar-refractivity contribution is 5.86. The van der Waals surface area contributed by atoms with E-state index in [9.17, 15) is 14.7 Å². The van der Waals surface area contributed by atoms with Crippen LogP contribution >= 0.6 is 0 Å². The molecule has 0 unspecified atom stereocenters. The Morgan fingerprint density at radius 1 is 1.14 bits per heavy atom. The third-order valence-electron chi connectivity index (χ3n) is 5.07. The Hall–Kier alpha value is -1.26. The number of carbonyl (C=O) groups excluding carboxylic acids is 1. The predicted molar refractivity (Wildman–Crippen MR) is 81.1 cm³/mol. The summed E-state index contributed by atoms with van der Waals surface area (Å²) in [6.07, 6.45) is 8.73. The summed E-state index contributed by atoms with van der Waals surface area (Å²) >= 11 is 0. The molecule has 0 bridgehead atoms. The fraction of sp³-hybridized carbons (Fsp3) is 0.875. The predicted octanol–water partition coefficient (Wildman–Crippen LogP) is 2.90. The molecule has 2 aliphatic rings. The van der Waals surface area contributed by atoms with Crippen molar-refractivity contribution in [3.05, 3.63) is 0 Å². The van der Waals surface area contributed by atoms with Gasteiger partial charge in [-0.3, -0.25) is 0 Å². The van der Waals surface area contributed by atoms with Crippen LogP contribution in [0, 0.1) is 11.8 Å². The van der Waals surface area contributed by atoms with Crippen LogP contribution in [-0.4, -0.2) is 29.2 Å². The van der Waals surface area contributed by atoms with Crippen LogP contribution in [0.25, 0.3) is 0 Å². The van der Waals surface area contributed by atoms with E-state index in [-0.39, 0.29) is 6.03 Å². The Morgan fingerprint density at radius 3 is 2.33 bits per heavy atom. The van der Waals surface area contributed by atoms with Gasteiger partial charge in [0, 0.05) is 6.54 Å². The maximum Gasteiger partial charge on any atom is 0.329 e. The van der Waals surface area contributed by atoms with E-state index < -0.39 is 11.5 Å². The van der Waals surface area contributed by atoms with Crippen molar-refractivity contribution in [2.24, 2.45) is 11.8 Å². The van der Waals surface area contributed by atoms with Crippen LogP contribution in [0.5, 0.6) is 0 Å². The van der Waals surface area contributed by atoms with Gasteiger partial charge in [-0.25, -0.2) is 9.59 Å². The van der Waals surface area contributed by atoms with Gasteiger partial charge in [-0.15, -0.1) is 0 Å². The molecule has 0 radical (unpaired) electrons. The molecule has 5 heteroatoms. The molecule has 2 rings (SSSR count). The van der Waals surface area contributed by atoms with Crippen molar-refractivity contribution in [2.75, 3.05) is 6.54 Å². The summed E-state index contributed by atoms with van der Waals surface area (Å²) in [4.78, 5) is 23.5. The second kappa shape index (κ2) is 7.14. The summed E-state index contributed by atoms with van der Waals surface area (Å²) in [5.74, 6) is 0.565. The Labute approximate surface area is 126 Å². The summed E-state index contributed by atoms with van der Waals surface area (Å²) in [5.41, 5.74) is -1.06. The zero-order valence-corrected chi connectivity index (χ0v) is 13.0. The van der Waals surface area contributed by atoms with Gasteiger partial charge in [0.2, 0.25) is 0 Å². The van der Waals surface area contributed by atoms with Gasteiger partial charge in [0.15, 0.2) is 0 Å². The number of nitrogens with one attached hydrogen (secondary N) is 2. The summed E-state index contributed by atoms with van der Waals surface area (Å²) < 4.78 is 0. The van der Waals surface area contributed by atoms with E-state index in [4.69, 9.17) is 0 Å². The minimum Gasteiger partial charge on any atom is -0.480 e. The second-order valence-corrected chi connectivity index (χ2v) is 6.71. The van der Waals surface area contributed by atoms with E-state index >= 15 is 0 Å². The van der Waals surface area contributed by atoms with E-state index in [2.05, 4.69) is 17.6 Å². The van der Waals surface area contributed by atoms with Gasteiger partial charge in [-0.1, -0.05) is 26.2 Å². The van der Waals surface area contributed by atoms with Gasteiger partial charge >= 0.3 is 12.0 Å². The topological polar surface area (TPSA) is 78.4 Å². The molecule has 2 fully saturated rings. The van der Waals surface area contributed by atoms with E-state index in [1.54, 1.807) is 0 Å². The molecule has 3 N–H and O–H groups in total. The average molecular weight is 296 g/mol. The molecule has 2 aliphatic carbocycles. The van der Waals surface area contributed by atoms with Gasteiger partial charge in [-0.05, 0) is 50.4 Å². The second-order valence-electron chi connectivity index (χ2n) is 6.71. The molecule has 120 valence electrons. The standard InChI is InChI=1S/C16H28N2O3/c1-2-12-7-9-16(10-8-12,14(19)20)18-15(21)17-11-3-4-13-5-6-13/h12-13H,2-11H2,1H3,(H,19,20)(H2,17,18,21). The third-order valence-corrected chi connectivity index (χ3v) is 5.07. The Kier molecular flexibility index (Phi) is 5.48. The molecule has 0 aliphatic heterocycles. The highest BCUT2D eigenvalue weighted by atomic mass is 16.4. The highest BCUT2D eigenvalue weighted by Gasteiger charge is 2.42. The molecule has 0 atom stereocenters. The summed E-state index contributed by atoms with van der Waals surface area (Å²) in [5, 5.41) is 15.0. The number of rotatable bonds is 7. The van der Waals surface area contributed by atoms with Gasteiger partial charge in [0.1, 0.15) is 5.54 Å². The van der Waals surface area contributed by atoms with Crippen molar-refractivity contribution in [3.63, 3.8) is 0 Å². The van der Waals surface area contributed by atoms with E-state index in [0.29, 0.717) is 25.3 Å². The molecule has 0 aromatic carbocycles. The van der Waals surface area contributed by atoms with Gasteiger partial charge in [-0.2, -0.15) is 0 Å². The quantitative estimate of drug-likeness (QED) is 0.632. The fourth-order valence-corrected chi connectivity index (χ4v) is 3.23. The number of hydrogen-bond acceptors (Lipinski definition) is 2. The Bertz CT molecular complexity index is 372. The lowest BCUT2D eigenvalue weighted by Gasteiger charge is -2.37. The van der Waals surface area contributed by atoms with E-state index in [1.165, 1.54) is 19.3 Å². The van der Waals surface area contributed by atoms with Gasteiger partial charge < -0.3 is 15.7 Å². The number of carbonyl (C=O) groups is 2. The van der Waals surface area contributed by atoms with Crippen LogP contribution in [0.4, 0.5) is 4.79 Å². The van der Waals surface area contributed by atoms with Crippen molar-refractivity contribution >= 4 is 12.0 Å². The minimum absolute atomic E-state index is 0.330. The van der Waals surface area contributed by atoms with Gasteiger partial charge in [0.05, 0.1) is 0 Å². The van der Waals surface area contributed by atoms with Crippen LogP contribution in [0.2, 0.25) is 0 Å². The zero-order valence-electron chi connectivity index (χ0n) is 13.0. The Morgan fingerprint density at radius 2 is 1.81 bits per heavy atom. The van der Waals surface area contributed by atoms with Crippen molar-refractivity contribution in [1.82, 2.24) is 10.6 Å². The molecular formula is C16H28N2O3. The number of aliphatic carboxylic acids is 1. The van der Waals surface area contributed by atoms with Crippen LogP contribution in [0.1, 0.15) is 64.7 Å². The SMILES string of the molecule is CCC1CCC(NC(=O)NCCCC2CC2)(C(=O)O)CC1. The first-order valence-corrected chi connectivity index (χ1v) is 8.35. The monoisotopic (exact) mass is 296 g/mol. The molecule has 21 heavy (non-hydrogen) atoms. The highest BCUT2D eigenvalue weighted by Crippen LogP contribution is 2.34. The largest absolute Gasteiger partial charge is 0.480 e. The number of urea groups is 1. The first-order valence-electron chi connectivity index (χ1n) is 8.35. The zero-order chi connectivity index (χ0) is 15.3. The first kappa shape index (κ1) is 16.1. The van der Waals surface area contributed by atoms with Crippen molar-refractivity contribution in [3.8, 4) is 0 Å². The molecule has 0 spiro atoms. The third kappa shape index (κ3) is 4.61. The lowest BCUT2D eigenvalue weighted by Crippen LogP contribution is -2.58. The van der Waals surface area contributed by atoms with Crippen LogP contribution in [0.3, 0.4) is 0 Å². The molecule has 0 aromatic rings. The van der Waals surface area contributed by atoms with Gasteiger partial charge in [0.25, 0.3) is 0 Å². The molecule has 0 saturated heterocycles. The fourth-order valence-electron chi connectivity index (χ4n) is 3.23. The molecule has 0 aromatic heterocycles. The summed E-state index contributed by atoms with van der Waals surface area (Å²) in [6.45, 7) is 2.77. The molecular weight excluding hydrogens is 268 g/mol.